The molecule has 1 atom stereocenters. The van der Waals surface area contributed by atoms with E-state index in [0.29, 0.717) is 16.9 Å². The van der Waals surface area contributed by atoms with Gasteiger partial charge in [-0.3, -0.25) is 14.4 Å². The summed E-state index contributed by atoms with van der Waals surface area (Å²) in [5.41, 5.74) is 6.93. The number of amides is 3. The summed E-state index contributed by atoms with van der Waals surface area (Å²) >= 11 is 0. The zero-order chi connectivity index (χ0) is 31.3. The normalized spacial score (nSPS) is 16.8. The van der Waals surface area contributed by atoms with Crippen LogP contribution in [-0.4, -0.2) is 55.1 Å². The molecular formula is C33H48N4O5. The van der Waals surface area contributed by atoms with Crippen molar-refractivity contribution < 1.29 is 23.9 Å². The van der Waals surface area contributed by atoms with Crippen molar-refractivity contribution in [1.82, 2.24) is 16.0 Å². The van der Waals surface area contributed by atoms with Gasteiger partial charge < -0.3 is 31.2 Å². The average molecular weight is 581 g/mol. The van der Waals surface area contributed by atoms with Gasteiger partial charge in [-0.25, -0.2) is 0 Å². The van der Waals surface area contributed by atoms with Crippen LogP contribution >= 0.6 is 0 Å². The number of benzene rings is 1. The number of ether oxygens (including phenoxy) is 2. The molecule has 1 saturated carbocycles. The molecule has 0 bridgehead atoms. The van der Waals surface area contributed by atoms with E-state index >= 15 is 0 Å². The summed E-state index contributed by atoms with van der Waals surface area (Å²) in [5.74, 6) is -0.699. The van der Waals surface area contributed by atoms with Crippen molar-refractivity contribution in [3.8, 4) is 0 Å². The molecule has 0 saturated heterocycles. The van der Waals surface area contributed by atoms with Crippen molar-refractivity contribution in [2.24, 2.45) is 5.73 Å². The van der Waals surface area contributed by atoms with E-state index in [0.717, 1.165) is 43.2 Å². The van der Waals surface area contributed by atoms with Crippen molar-refractivity contribution in [2.75, 3.05) is 20.3 Å². The molecule has 1 aromatic rings. The quantitative estimate of drug-likeness (QED) is 0.206. The van der Waals surface area contributed by atoms with Crippen molar-refractivity contribution in [2.45, 2.75) is 83.5 Å². The van der Waals surface area contributed by atoms with Gasteiger partial charge in [0.1, 0.15) is 11.8 Å². The van der Waals surface area contributed by atoms with Crippen LogP contribution in [0, 0.1) is 0 Å². The van der Waals surface area contributed by atoms with Gasteiger partial charge in [-0.05, 0) is 49.5 Å². The van der Waals surface area contributed by atoms with E-state index in [9.17, 15) is 14.4 Å². The lowest BCUT2D eigenvalue weighted by Crippen LogP contribution is -2.57. The van der Waals surface area contributed by atoms with Crippen LogP contribution in [0.2, 0.25) is 0 Å². The number of hydrogen-bond donors (Lipinski definition) is 4. The fraction of sp³-hybridized carbons (Fsp3) is 0.485. The number of carbonyl (C=O) groups excluding carboxylic acids is 3. The molecule has 1 aromatic carbocycles. The molecule has 1 aliphatic heterocycles. The molecule has 0 unspecified atom stereocenters. The van der Waals surface area contributed by atoms with Crippen LogP contribution in [0.25, 0.3) is 0 Å². The molecule has 1 spiro atoms. The maximum absolute atomic E-state index is 13.4. The van der Waals surface area contributed by atoms with Crippen LogP contribution in [0.15, 0.2) is 78.1 Å². The summed E-state index contributed by atoms with van der Waals surface area (Å²) in [5, 5.41) is 8.86. The van der Waals surface area contributed by atoms with Crippen LogP contribution in [0.5, 0.6) is 0 Å². The molecule has 1 fully saturated rings. The molecule has 1 aliphatic carbocycles. The molecule has 230 valence electrons. The number of hydrogen-bond acceptors (Lipinski definition) is 6. The number of allylic oxidation sites excluding steroid dienone is 2. The number of nitrogens with two attached hydrogens (primary N) is 1. The molecule has 9 heteroatoms. The van der Waals surface area contributed by atoms with E-state index < -0.39 is 28.9 Å². The highest BCUT2D eigenvalue weighted by Crippen LogP contribution is 2.41. The van der Waals surface area contributed by atoms with Gasteiger partial charge in [-0.15, -0.1) is 0 Å². The first-order chi connectivity index (χ1) is 20.0. The lowest BCUT2D eigenvalue weighted by molar-refractivity contribution is -0.132. The average Bonchev–Trinajstić information content (AvgIpc) is 3.24. The summed E-state index contributed by atoms with van der Waals surface area (Å²) in [6, 6.07) is 8.57. The molecular weight excluding hydrogens is 532 g/mol. The van der Waals surface area contributed by atoms with Crippen LogP contribution < -0.4 is 21.7 Å². The molecule has 9 nitrogen and oxygen atoms in total. The first kappa shape index (κ1) is 34.5. The molecule has 5 N–H and O–H groups in total. The lowest BCUT2D eigenvalue weighted by Gasteiger charge is -2.36. The predicted octanol–water partition coefficient (Wildman–Crippen LogP) is 3.97. The van der Waals surface area contributed by atoms with Gasteiger partial charge in [0, 0.05) is 12.1 Å². The minimum absolute atomic E-state index is 0.0502. The Labute approximate surface area is 250 Å². The Morgan fingerprint density at radius 1 is 1.12 bits per heavy atom. The van der Waals surface area contributed by atoms with Gasteiger partial charge in [0.25, 0.3) is 5.91 Å². The monoisotopic (exact) mass is 580 g/mol. The zero-order valence-electron chi connectivity index (χ0n) is 25.8. The van der Waals surface area contributed by atoms with E-state index in [1.54, 1.807) is 26.0 Å². The standard InChI is InChI=1S/C31H42N4O5.C2H6/c1-21(14-15-22(2)39-5)26-24(31(35-28(26)37)16-10-7-11-17-31)18-33-27(36)25(34-29(38)30(3,4)32)20-40-19-23-12-8-6-9-13-23;1-2/h6,8-9,12-15,25H,1-2,7,10-11,16-20,32H2,3-5H3,(H,33,36)(H,34,38)(H,35,37);1-2H3/b15-14-;/t25-;/m1./s1. The van der Waals surface area contributed by atoms with Crippen LogP contribution in [0.1, 0.15) is 65.4 Å². The van der Waals surface area contributed by atoms with Gasteiger partial charge in [-0.1, -0.05) is 82.7 Å². The van der Waals surface area contributed by atoms with E-state index in [1.807, 2.05) is 44.2 Å². The first-order valence-corrected chi connectivity index (χ1v) is 14.6. The summed E-state index contributed by atoms with van der Waals surface area (Å²) in [7, 11) is 1.51. The third-order valence-electron chi connectivity index (χ3n) is 7.26. The van der Waals surface area contributed by atoms with E-state index in [2.05, 4.69) is 29.1 Å². The molecule has 0 aromatic heterocycles. The molecule has 1 heterocycles. The Bertz CT molecular complexity index is 1170. The molecule has 2 aliphatic rings. The first-order valence-electron chi connectivity index (χ1n) is 14.6. The van der Waals surface area contributed by atoms with E-state index in [4.69, 9.17) is 15.2 Å². The Hall–Kier alpha value is -3.69. The Morgan fingerprint density at radius 2 is 1.76 bits per heavy atom. The maximum Gasteiger partial charge on any atom is 0.252 e. The second-order valence-corrected chi connectivity index (χ2v) is 10.9. The largest absolute Gasteiger partial charge is 0.497 e. The van der Waals surface area contributed by atoms with Crippen molar-refractivity contribution >= 4 is 17.7 Å². The SMILES string of the molecule is C=C(/C=C\C(=C)C1=C(CNC(=O)[C@@H](COCc2ccccc2)NC(=O)C(C)(C)N)C2(CCCCC2)NC1=O)OC.CC. The fourth-order valence-electron chi connectivity index (χ4n) is 4.95. The smallest absolute Gasteiger partial charge is 0.252 e. The number of carbonyl (C=O) groups is 3. The summed E-state index contributed by atoms with van der Waals surface area (Å²) in [6.45, 7) is 15.4. The van der Waals surface area contributed by atoms with Gasteiger partial charge in [0.2, 0.25) is 11.8 Å². The minimum atomic E-state index is -1.18. The van der Waals surface area contributed by atoms with Crippen LogP contribution in [-0.2, 0) is 30.5 Å². The van der Waals surface area contributed by atoms with Crippen LogP contribution in [0.4, 0.5) is 0 Å². The zero-order valence-corrected chi connectivity index (χ0v) is 25.8. The third kappa shape index (κ3) is 9.42. The molecule has 42 heavy (non-hydrogen) atoms. The van der Waals surface area contributed by atoms with E-state index in [1.165, 1.54) is 7.11 Å². The highest BCUT2D eigenvalue weighted by Gasteiger charge is 2.45. The second kappa shape index (κ2) is 16.1. The minimum Gasteiger partial charge on any atom is -0.497 e. The summed E-state index contributed by atoms with van der Waals surface area (Å²) < 4.78 is 10.9. The predicted molar refractivity (Wildman–Crippen MR) is 166 cm³/mol. The third-order valence-corrected chi connectivity index (χ3v) is 7.26. The van der Waals surface area contributed by atoms with Crippen molar-refractivity contribution in [1.29, 1.82) is 0 Å². The van der Waals surface area contributed by atoms with Crippen molar-refractivity contribution in [3.63, 3.8) is 0 Å². The van der Waals surface area contributed by atoms with Crippen molar-refractivity contribution in [3.05, 3.63) is 83.7 Å². The van der Waals surface area contributed by atoms with E-state index in [-0.39, 0.29) is 25.7 Å². The Balaban J connectivity index is 0.00000301. The second-order valence-electron chi connectivity index (χ2n) is 10.9. The van der Waals surface area contributed by atoms with Gasteiger partial charge in [-0.2, -0.15) is 0 Å². The lowest BCUT2D eigenvalue weighted by atomic mass is 9.76. The Kier molecular flexibility index (Phi) is 13.2. The fourth-order valence-corrected chi connectivity index (χ4v) is 4.95. The topological polar surface area (TPSA) is 132 Å². The maximum atomic E-state index is 13.4. The molecule has 3 amide bonds. The molecule has 3 rings (SSSR count). The highest BCUT2D eigenvalue weighted by molar-refractivity contribution is 6.03. The van der Waals surface area contributed by atoms with Crippen LogP contribution in [0.3, 0.4) is 0 Å². The van der Waals surface area contributed by atoms with Gasteiger partial charge in [0.15, 0.2) is 0 Å². The highest BCUT2D eigenvalue weighted by atomic mass is 16.5. The summed E-state index contributed by atoms with van der Waals surface area (Å²) in [6.07, 6.45) is 7.90. The number of methoxy groups -OCH3 is 1. The number of nitrogens with one attached hydrogen (secondary N) is 3. The molecule has 0 radical (unpaired) electrons. The summed E-state index contributed by atoms with van der Waals surface area (Å²) in [4.78, 5) is 39.3. The van der Waals surface area contributed by atoms with Gasteiger partial charge in [0.05, 0.1) is 31.4 Å². The number of rotatable bonds is 13. The van der Waals surface area contributed by atoms with Gasteiger partial charge >= 0.3 is 0 Å². The Morgan fingerprint density at radius 3 is 2.36 bits per heavy atom.